The van der Waals surface area contributed by atoms with Gasteiger partial charge < -0.3 is 6.15 Å². The summed E-state index contributed by atoms with van der Waals surface area (Å²) in [5, 5.41) is 0. The fraction of sp³-hybridized carbons (Fsp3) is 0. The van der Waals surface area contributed by atoms with Gasteiger partial charge in [0.1, 0.15) is 0 Å². The molecule has 0 amide bonds. The van der Waals surface area contributed by atoms with Crippen LogP contribution in [0, 0.1) is 0 Å². The molecular formula is H5AsMoNO4. The van der Waals surface area contributed by atoms with Crippen LogP contribution in [-0.2, 0) is 26.3 Å². The molecule has 5 N–H and O–H groups in total. The molecule has 45 valence electrons. The van der Waals surface area contributed by atoms with Gasteiger partial charge in [-0.25, -0.2) is 0 Å². The topological polar surface area (TPSA) is 102 Å². The standard InChI is InChI=1S/AsH3O4.Mo.H3N/c2-1(3,4)5;;/h(H3,2,3,4,5);;1H3/q;+1;/p-1. The van der Waals surface area contributed by atoms with E-state index in [1.807, 2.05) is 0 Å². The van der Waals surface area contributed by atoms with E-state index in [1.54, 1.807) is 0 Å². The molecule has 0 aliphatic rings. The molecule has 0 saturated carbocycles. The van der Waals surface area contributed by atoms with Gasteiger partial charge in [-0.2, -0.15) is 0 Å². The van der Waals surface area contributed by atoms with Crippen LogP contribution in [0.5, 0.6) is 0 Å². The molecule has 7 heteroatoms. The van der Waals surface area contributed by atoms with Crippen LogP contribution in [0.15, 0.2) is 0 Å². The van der Waals surface area contributed by atoms with Crippen LogP contribution in [0.3, 0.4) is 0 Å². The number of hydrogen-bond donors (Lipinski definition) is 3. The van der Waals surface area contributed by atoms with E-state index in [1.165, 1.54) is 0 Å². The third-order valence-corrected chi connectivity index (χ3v) is 2.98. The van der Waals surface area contributed by atoms with Crippen LogP contribution in [0.1, 0.15) is 0 Å². The van der Waals surface area contributed by atoms with Crippen LogP contribution in [0.25, 0.3) is 0 Å². The van der Waals surface area contributed by atoms with Crippen molar-refractivity contribution in [3.8, 4) is 0 Å². The summed E-state index contributed by atoms with van der Waals surface area (Å²) >= 11 is -3.74. The molecule has 0 unspecified atom stereocenters. The summed E-state index contributed by atoms with van der Waals surface area (Å²) in [7, 11) is 0. The van der Waals surface area contributed by atoms with Gasteiger partial charge in [-0.1, -0.05) is 0 Å². The normalized spacial score (nSPS) is 10.0. The average Bonchev–Trinajstić information content (AvgIpc) is 1.35. The van der Waals surface area contributed by atoms with Crippen molar-refractivity contribution in [2.45, 2.75) is 0 Å². The fourth-order valence-corrected chi connectivity index (χ4v) is 0. The molecule has 0 aromatic carbocycles. The molecule has 0 aliphatic carbocycles. The van der Waals surface area contributed by atoms with E-state index in [4.69, 9.17) is 8.19 Å². The zero-order valence-electron chi connectivity index (χ0n) is 3.27. The van der Waals surface area contributed by atoms with Gasteiger partial charge >= 0.3 is 49.0 Å². The van der Waals surface area contributed by atoms with Crippen molar-refractivity contribution in [3.63, 3.8) is 0 Å². The first-order valence-electron chi connectivity index (χ1n) is 0.932. The summed E-state index contributed by atoms with van der Waals surface area (Å²) in [6.07, 6.45) is 0. The molecule has 0 aromatic heterocycles. The maximum atomic E-state index is 9.54. The second kappa shape index (κ2) is 3.84. The Labute approximate surface area is 55.3 Å². The van der Waals surface area contributed by atoms with E-state index in [-0.39, 0.29) is 6.15 Å². The summed E-state index contributed by atoms with van der Waals surface area (Å²) in [5.41, 5.74) is 0. The summed E-state index contributed by atoms with van der Waals surface area (Å²) in [6.45, 7) is 0. The van der Waals surface area contributed by atoms with E-state index in [0.29, 0.717) is 0 Å². The SMILES string of the molecule is N.O=[As](O)(O)[O][Mo]. The fourth-order valence-electron chi connectivity index (χ4n) is 0. The first-order valence-corrected chi connectivity index (χ1v) is 4.96. The molecule has 0 spiro atoms. The van der Waals surface area contributed by atoms with Crippen LogP contribution in [0.4, 0.5) is 0 Å². The predicted octanol–water partition coefficient (Wildman–Crippen LogP) is -1.52. The van der Waals surface area contributed by atoms with Gasteiger partial charge in [0, 0.05) is 0 Å². The summed E-state index contributed by atoms with van der Waals surface area (Å²) in [6, 6.07) is 0. The quantitative estimate of drug-likeness (QED) is 0.493. The molecule has 0 rings (SSSR count). The van der Waals surface area contributed by atoms with E-state index >= 15 is 0 Å². The predicted molar refractivity (Wildman–Crippen MR) is 17.0 cm³/mol. The van der Waals surface area contributed by atoms with Crippen molar-refractivity contribution in [1.82, 2.24) is 6.15 Å². The minimum atomic E-state index is -4.66. The van der Waals surface area contributed by atoms with E-state index in [9.17, 15) is 3.74 Å². The Balaban J connectivity index is 0. The van der Waals surface area contributed by atoms with Crippen LogP contribution in [-0.4, -0.2) is 22.7 Å². The molecule has 0 bridgehead atoms. The average molecular weight is 254 g/mol. The van der Waals surface area contributed by atoms with Crippen molar-refractivity contribution >= 4 is 14.5 Å². The molecule has 0 saturated heterocycles. The van der Waals surface area contributed by atoms with Crippen molar-refractivity contribution in [1.29, 1.82) is 0 Å². The Hall–Kier alpha value is 0.887. The molecule has 0 aromatic rings. The van der Waals surface area contributed by atoms with Gasteiger partial charge in [-0.05, 0) is 0 Å². The van der Waals surface area contributed by atoms with Crippen molar-refractivity contribution in [3.05, 3.63) is 0 Å². The summed E-state index contributed by atoms with van der Waals surface area (Å²) < 4.78 is 28.8. The molecule has 0 fully saturated rings. The molecule has 7 heavy (non-hydrogen) atoms. The third-order valence-electron chi connectivity index (χ3n) is 0.0971. The molecule has 0 heterocycles. The molecule has 0 aliphatic heterocycles. The Bertz CT molecular complexity index is 75.8. The monoisotopic (exact) mass is 256 g/mol. The van der Waals surface area contributed by atoms with Gasteiger partial charge in [0.25, 0.3) is 0 Å². The van der Waals surface area contributed by atoms with E-state index in [2.05, 4.69) is 2.38 Å². The Morgan fingerprint density at radius 2 is 1.71 bits per heavy atom. The van der Waals surface area contributed by atoms with Gasteiger partial charge in [-0.15, -0.1) is 0 Å². The molecule has 5 nitrogen and oxygen atoms in total. The van der Waals surface area contributed by atoms with Gasteiger partial charge in [-0.3, -0.25) is 0 Å². The van der Waals surface area contributed by atoms with Crippen LogP contribution >= 0.6 is 0 Å². The second-order valence-corrected chi connectivity index (χ2v) is 4.84. The molecular weight excluding hydrogens is 249 g/mol. The second-order valence-electron chi connectivity index (χ2n) is 0.565. The van der Waals surface area contributed by atoms with Crippen molar-refractivity contribution in [2.24, 2.45) is 0 Å². The number of rotatable bonds is 1. The Kier molecular flexibility index (Phi) is 5.92. The zero-order valence-corrected chi connectivity index (χ0v) is 7.16. The Morgan fingerprint density at radius 1 is 1.57 bits per heavy atom. The summed E-state index contributed by atoms with van der Waals surface area (Å²) in [5.74, 6) is 0. The van der Waals surface area contributed by atoms with Gasteiger partial charge in [0.2, 0.25) is 0 Å². The first kappa shape index (κ1) is 10.8. The Morgan fingerprint density at radius 3 is 1.71 bits per heavy atom. The van der Waals surface area contributed by atoms with Gasteiger partial charge in [0.15, 0.2) is 0 Å². The van der Waals surface area contributed by atoms with Gasteiger partial charge in [0.05, 0.1) is 0 Å². The van der Waals surface area contributed by atoms with Crippen LogP contribution < -0.4 is 6.15 Å². The van der Waals surface area contributed by atoms with Crippen LogP contribution in [0.2, 0.25) is 0 Å². The number of hydrogen-bond acceptors (Lipinski definition) is 3. The first-order chi connectivity index (χ1) is 2.56. The van der Waals surface area contributed by atoms with E-state index < -0.39 is 14.5 Å². The molecule has 0 atom stereocenters. The van der Waals surface area contributed by atoms with Crippen molar-refractivity contribution < 1.29 is 34.5 Å². The molecule has 0 radical (unpaired) electrons. The summed E-state index contributed by atoms with van der Waals surface area (Å²) in [4.78, 5) is 0. The minimum absolute atomic E-state index is 0. The van der Waals surface area contributed by atoms with Crippen molar-refractivity contribution in [2.75, 3.05) is 0 Å². The maximum absolute atomic E-state index is 9.54. The zero-order chi connectivity index (χ0) is 5.21. The van der Waals surface area contributed by atoms with E-state index in [0.717, 1.165) is 20.2 Å². The third kappa shape index (κ3) is 10.9.